The summed E-state index contributed by atoms with van der Waals surface area (Å²) in [5.74, 6) is -0.576. The van der Waals surface area contributed by atoms with E-state index >= 15 is 0 Å². The lowest BCUT2D eigenvalue weighted by molar-refractivity contribution is -0.274. The van der Waals surface area contributed by atoms with E-state index in [4.69, 9.17) is 10.9 Å². The van der Waals surface area contributed by atoms with Gasteiger partial charge in [0, 0.05) is 12.0 Å². The molecule has 0 saturated carbocycles. The first-order valence-electron chi connectivity index (χ1n) is 4.69. The lowest BCUT2D eigenvalue weighted by atomic mass is 10.1. The van der Waals surface area contributed by atoms with Gasteiger partial charge >= 0.3 is 6.36 Å². The minimum absolute atomic E-state index is 0.112. The molecule has 1 rings (SSSR count). The fraction of sp³-hybridized carbons (Fsp3) is 0.222. The van der Waals surface area contributed by atoms with E-state index in [1.54, 1.807) is 0 Å². The molecule has 0 atom stereocenters. The van der Waals surface area contributed by atoms with Gasteiger partial charge in [-0.15, -0.1) is 13.2 Å². The zero-order valence-electron chi connectivity index (χ0n) is 9.27. The lowest BCUT2D eigenvalue weighted by Crippen LogP contribution is -2.20. The van der Waals surface area contributed by atoms with Crippen LogP contribution in [0.5, 0.6) is 5.75 Å². The Morgan fingerprint density at radius 3 is 2.37 bits per heavy atom. The van der Waals surface area contributed by atoms with E-state index < -0.39 is 22.1 Å². The van der Waals surface area contributed by atoms with Crippen molar-refractivity contribution in [2.24, 2.45) is 10.9 Å². The minimum Gasteiger partial charge on any atom is -0.405 e. The van der Waals surface area contributed by atoms with Gasteiger partial charge in [0.1, 0.15) is 5.75 Å². The van der Waals surface area contributed by atoms with Crippen LogP contribution in [0.4, 0.5) is 13.2 Å². The molecule has 0 saturated heterocycles. The Morgan fingerprint density at radius 2 is 1.95 bits per heavy atom. The molecule has 0 aliphatic rings. The van der Waals surface area contributed by atoms with Crippen LogP contribution in [0.2, 0.25) is 0 Å². The molecule has 1 aromatic rings. The SMILES string of the molecule is NC(=S)Cc1cc(S(N)(=O)=O)ccc1OC(F)(F)F. The maximum Gasteiger partial charge on any atom is 0.573 e. The molecule has 0 aromatic heterocycles. The van der Waals surface area contributed by atoms with Crippen LogP contribution in [0, 0.1) is 0 Å². The maximum absolute atomic E-state index is 12.2. The molecule has 19 heavy (non-hydrogen) atoms. The first-order valence-corrected chi connectivity index (χ1v) is 6.64. The predicted molar refractivity (Wildman–Crippen MR) is 65.0 cm³/mol. The molecule has 0 heterocycles. The van der Waals surface area contributed by atoms with Gasteiger partial charge in [-0.25, -0.2) is 13.6 Å². The Balaban J connectivity index is 3.28. The van der Waals surface area contributed by atoms with Gasteiger partial charge < -0.3 is 10.5 Å². The molecule has 0 aliphatic carbocycles. The summed E-state index contributed by atoms with van der Waals surface area (Å²) in [4.78, 5) is -0.466. The Bertz CT molecular complexity index is 599. The van der Waals surface area contributed by atoms with E-state index in [2.05, 4.69) is 17.0 Å². The third-order valence-corrected chi connectivity index (χ3v) is 3.01. The summed E-state index contributed by atoms with van der Waals surface area (Å²) in [6.07, 6.45) is -5.15. The predicted octanol–water partition coefficient (Wildman–Crippen LogP) is 1.06. The van der Waals surface area contributed by atoms with Crippen LogP contribution in [-0.4, -0.2) is 19.8 Å². The molecule has 0 fully saturated rings. The highest BCUT2D eigenvalue weighted by molar-refractivity contribution is 7.89. The van der Waals surface area contributed by atoms with Crippen molar-refractivity contribution in [1.29, 1.82) is 0 Å². The summed E-state index contributed by atoms with van der Waals surface area (Å²) in [6.45, 7) is 0. The van der Waals surface area contributed by atoms with Crippen LogP contribution in [0.1, 0.15) is 5.56 Å². The molecular formula is C9H9F3N2O3S2. The van der Waals surface area contributed by atoms with Crippen molar-refractivity contribution in [2.75, 3.05) is 0 Å². The number of ether oxygens (including phenoxy) is 1. The third-order valence-electron chi connectivity index (χ3n) is 1.95. The van der Waals surface area contributed by atoms with Crippen molar-refractivity contribution in [2.45, 2.75) is 17.7 Å². The molecule has 0 aliphatic heterocycles. The van der Waals surface area contributed by atoms with Gasteiger partial charge in [0.05, 0.1) is 9.88 Å². The van der Waals surface area contributed by atoms with Gasteiger partial charge in [-0.1, -0.05) is 12.2 Å². The molecule has 0 amide bonds. The van der Waals surface area contributed by atoms with Crippen LogP contribution in [-0.2, 0) is 16.4 Å². The van der Waals surface area contributed by atoms with E-state index in [0.29, 0.717) is 0 Å². The van der Waals surface area contributed by atoms with E-state index in [-0.39, 0.29) is 21.9 Å². The topological polar surface area (TPSA) is 95.4 Å². The number of alkyl halides is 3. The van der Waals surface area contributed by atoms with Crippen LogP contribution < -0.4 is 15.6 Å². The summed E-state index contributed by atoms with van der Waals surface area (Å²) in [5.41, 5.74) is 5.12. The number of hydrogen-bond acceptors (Lipinski definition) is 4. The van der Waals surface area contributed by atoms with Gasteiger partial charge in [-0.2, -0.15) is 0 Å². The molecule has 0 bridgehead atoms. The van der Waals surface area contributed by atoms with Crippen molar-refractivity contribution >= 4 is 27.2 Å². The number of thiocarbonyl (C=S) groups is 1. The fourth-order valence-electron chi connectivity index (χ4n) is 1.28. The van der Waals surface area contributed by atoms with Gasteiger partial charge in [-0.3, -0.25) is 0 Å². The number of rotatable bonds is 4. The first-order chi connectivity index (χ1) is 8.49. The average molecular weight is 314 g/mol. The van der Waals surface area contributed by atoms with Gasteiger partial charge in [0.25, 0.3) is 0 Å². The summed E-state index contributed by atoms with van der Waals surface area (Å²) >= 11 is 4.58. The molecule has 106 valence electrons. The minimum atomic E-state index is -4.91. The summed E-state index contributed by atoms with van der Waals surface area (Å²) in [6, 6.07) is 2.69. The van der Waals surface area contributed by atoms with Gasteiger partial charge in [0.2, 0.25) is 10.0 Å². The Labute approximate surface area is 112 Å². The molecule has 0 radical (unpaired) electrons. The summed E-state index contributed by atoms with van der Waals surface area (Å²) in [7, 11) is -4.04. The summed E-state index contributed by atoms with van der Waals surface area (Å²) < 4.78 is 62.5. The van der Waals surface area contributed by atoms with Gasteiger partial charge in [-0.05, 0) is 18.2 Å². The van der Waals surface area contributed by atoms with E-state index in [1.807, 2.05) is 0 Å². The van der Waals surface area contributed by atoms with Crippen LogP contribution in [0.15, 0.2) is 23.1 Å². The van der Waals surface area contributed by atoms with Crippen molar-refractivity contribution in [3.05, 3.63) is 23.8 Å². The zero-order valence-corrected chi connectivity index (χ0v) is 10.9. The molecule has 10 heteroatoms. The highest BCUT2D eigenvalue weighted by Crippen LogP contribution is 2.28. The lowest BCUT2D eigenvalue weighted by Gasteiger charge is -2.13. The zero-order chi connectivity index (χ0) is 14.8. The monoisotopic (exact) mass is 314 g/mol. The van der Waals surface area contributed by atoms with E-state index in [0.717, 1.165) is 18.2 Å². The summed E-state index contributed by atoms with van der Waals surface area (Å²) in [5, 5.41) is 4.88. The third kappa shape index (κ3) is 5.01. The smallest absolute Gasteiger partial charge is 0.405 e. The van der Waals surface area contributed by atoms with Crippen molar-refractivity contribution in [3.8, 4) is 5.75 Å². The molecule has 4 N–H and O–H groups in total. The number of sulfonamides is 1. The first kappa shape index (κ1) is 15.7. The largest absolute Gasteiger partial charge is 0.573 e. The van der Waals surface area contributed by atoms with Crippen molar-refractivity contribution in [1.82, 2.24) is 0 Å². The number of halogens is 3. The number of nitrogens with two attached hydrogens (primary N) is 2. The molecule has 5 nitrogen and oxygen atoms in total. The second-order valence-electron chi connectivity index (χ2n) is 3.51. The molecule has 1 aromatic carbocycles. The average Bonchev–Trinajstić information content (AvgIpc) is 2.15. The van der Waals surface area contributed by atoms with Crippen LogP contribution in [0.25, 0.3) is 0 Å². The Kier molecular flexibility index (Phi) is 4.38. The molecular weight excluding hydrogens is 305 g/mol. The normalized spacial score (nSPS) is 12.2. The maximum atomic E-state index is 12.2. The second kappa shape index (κ2) is 5.31. The van der Waals surface area contributed by atoms with Crippen LogP contribution in [0.3, 0.4) is 0 Å². The highest BCUT2D eigenvalue weighted by atomic mass is 32.2. The Hall–Kier alpha value is -1.39. The second-order valence-corrected chi connectivity index (χ2v) is 5.59. The molecule has 0 spiro atoms. The number of benzene rings is 1. The Morgan fingerprint density at radius 1 is 1.37 bits per heavy atom. The van der Waals surface area contributed by atoms with Crippen molar-refractivity contribution < 1.29 is 26.3 Å². The number of primary sulfonamides is 1. The van der Waals surface area contributed by atoms with E-state index in [1.165, 1.54) is 0 Å². The highest BCUT2D eigenvalue weighted by Gasteiger charge is 2.32. The quantitative estimate of drug-likeness (QED) is 0.810. The standard InChI is InChI=1S/C9H9F3N2O3S2/c10-9(11,12)17-7-2-1-6(19(14,15)16)3-5(7)4-8(13)18/h1-3H,4H2,(H2,13,18)(H2,14,15,16). The van der Waals surface area contributed by atoms with Crippen molar-refractivity contribution in [3.63, 3.8) is 0 Å². The van der Waals surface area contributed by atoms with Gasteiger partial charge in [0.15, 0.2) is 0 Å². The van der Waals surface area contributed by atoms with E-state index in [9.17, 15) is 21.6 Å². The fourth-order valence-corrected chi connectivity index (χ4v) is 2.00. The van der Waals surface area contributed by atoms with Crippen LogP contribution >= 0.6 is 12.2 Å². The molecule has 0 unspecified atom stereocenters. The number of hydrogen-bond donors (Lipinski definition) is 2.